The van der Waals surface area contributed by atoms with Gasteiger partial charge in [-0.05, 0) is 38.7 Å². The van der Waals surface area contributed by atoms with Crippen LogP contribution in [-0.4, -0.2) is 23.7 Å². The fourth-order valence-corrected chi connectivity index (χ4v) is 2.71. The average Bonchev–Trinajstić information content (AvgIpc) is 2.55. The van der Waals surface area contributed by atoms with Gasteiger partial charge in [0.25, 0.3) is 0 Å². The topological polar surface area (TPSA) is 63.6 Å². The van der Waals surface area contributed by atoms with Crippen LogP contribution in [0.5, 0.6) is 0 Å². The first kappa shape index (κ1) is 32.8. The van der Waals surface area contributed by atoms with Crippen molar-refractivity contribution >= 4 is 11.9 Å². The van der Waals surface area contributed by atoms with E-state index in [0.717, 1.165) is 12.8 Å². The quantitative estimate of drug-likeness (QED) is 0.379. The van der Waals surface area contributed by atoms with Crippen LogP contribution in [0.4, 0.5) is 0 Å². The molecule has 0 saturated carbocycles. The van der Waals surface area contributed by atoms with E-state index in [1.807, 2.05) is 32.0 Å². The lowest BCUT2D eigenvalue weighted by molar-refractivity contribution is -0.158. The molecule has 0 amide bonds. The Balaban J connectivity index is -0.000000661. The second kappa shape index (κ2) is 14.2. The van der Waals surface area contributed by atoms with Gasteiger partial charge in [0.2, 0.25) is 0 Å². The highest BCUT2D eigenvalue weighted by Crippen LogP contribution is 2.40. The zero-order valence-corrected chi connectivity index (χ0v) is 14.6. The van der Waals surface area contributed by atoms with Crippen molar-refractivity contribution in [1.82, 2.24) is 0 Å². The lowest BCUT2D eigenvalue weighted by Crippen LogP contribution is -2.42. The van der Waals surface area contributed by atoms with Crippen LogP contribution in [0.2, 0.25) is 0 Å². The first-order chi connectivity index (χ1) is 10.8. The van der Waals surface area contributed by atoms with Crippen LogP contribution in [0.25, 0.3) is 0 Å². The number of ether oxygens (including phenoxy) is 1. The molecular formula is C23H44O4. The number of esters is 1. The van der Waals surface area contributed by atoms with Crippen LogP contribution in [0, 0.1) is 5.41 Å². The summed E-state index contributed by atoms with van der Waals surface area (Å²) in [5.41, 5.74) is -1.25. The molecule has 0 fully saturated rings. The van der Waals surface area contributed by atoms with Crippen molar-refractivity contribution in [3.8, 4) is 0 Å². The fourth-order valence-electron chi connectivity index (χ4n) is 2.71. The molecule has 0 radical (unpaired) electrons. The Labute approximate surface area is 168 Å². The summed E-state index contributed by atoms with van der Waals surface area (Å²) in [5.74, 6) is -1.23. The van der Waals surface area contributed by atoms with Crippen molar-refractivity contribution in [2.75, 3.05) is 6.61 Å². The van der Waals surface area contributed by atoms with Crippen LogP contribution in [-0.2, 0) is 19.7 Å². The third kappa shape index (κ3) is 8.15. The summed E-state index contributed by atoms with van der Waals surface area (Å²) in [6.45, 7) is 7.79. The summed E-state index contributed by atoms with van der Waals surface area (Å²) in [6, 6.07) is 9.09. The van der Waals surface area contributed by atoms with E-state index < -0.39 is 16.8 Å². The van der Waals surface area contributed by atoms with Gasteiger partial charge in [-0.1, -0.05) is 80.3 Å². The van der Waals surface area contributed by atoms with Crippen molar-refractivity contribution < 1.29 is 19.4 Å². The van der Waals surface area contributed by atoms with Gasteiger partial charge in [-0.3, -0.25) is 9.59 Å². The molecule has 4 nitrogen and oxygen atoms in total. The summed E-state index contributed by atoms with van der Waals surface area (Å²) in [4.78, 5) is 24.4. The SMILES string of the molecule is C.C.C.C.CCCCOC(=O)C(C)(CC)CC(C)(C(=O)O)c1ccccc1. The lowest BCUT2D eigenvalue weighted by atomic mass is 9.68. The summed E-state index contributed by atoms with van der Waals surface area (Å²) in [5, 5.41) is 9.79. The maximum atomic E-state index is 12.5. The smallest absolute Gasteiger partial charge is 0.313 e. The number of hydrogen-bond acceptors (Lipinski definition) is 3. The molecule has 27 heavy (non-hydrogen) atoms. The van der Waals surface area contributed by atoms with E-state index >= 15 is 0 Å². The number of benzene rings is 1. The minimum absolute atomic E-state index is 0. The highest BCUT2D eigenvalue weighted by atomic mass is 16.5. The zero-order valence-electron chi connectivity index (χ0n) is 14.6. The lowest BCUT2D eigenvalue weighted by Gasteiger charge is -2.35. The van der Waals surface area contributed by atoms with E-state index in [1.54, 1.807) is 26.0 Å². The number of carboxylic acids is 1. The van der Waals surface area contributed by atoms with Crippen LogP contribution in [0.3, 0.4) is 0 Å². The van der Waals surface area contributed by atoms with Gasteiger partial charge in [-0.25, -0.2) is 0 Å². The van der Waals surface area contributed by atoms with E-state index in [-0.39, 0.29) is 42.1 Å². The first-order valence-corrected chi connectivity index (χ1v) is 8.26. The number of hydrogen-bond donors (Lipinski definition) is 1. The van der Waals surface area contributed by atoms with Crippen LogP contribution in [0.15, 0.2) is 30.3 Å². The molecule has 2 atom stereocenters. The van der Waals surface area contributed by atoms with E-state index in [2.05, 4.69) is 0 Å². The predicted octanol–water partition coefficient (Wildman–Crippen LogP) is 6.72. The Bertz CT molecular complexity index is 526. The molecule has 160 valence electrons. The second-order valence-electron chi connectivity index (χ2n) is 6.58. The molecule has 0 bridgehead atoms. The van der Waals surface area contributed by atoms with Gasteiger partial charge in [0.1, 0.15) is 0 Å². The van der Waals surface area contributed by atoms with Gasteiger partial charge in [-0.2, -0.15) is 0 Å². The van der Waals surface area contributed by atoms with E-state index in [4.69, 9.17) is 4.74 Å². The molecule has 1 N–H and O–H groups in total. The van der Waals surface area contributed by atoms with Crippen LogP contribution >= 0.6 is 0 Å². The molecule has 1 aromatic rings. The third-order valence-electron chi connectivity index (χ3n) is 4.63. The molecule has 0 spiro atoms. The largest absolute Gasteiger partial charge is 0.481 e. The van der Waals surface area contributed by atoms with E-state index in [9.17, 15) is 14.7 Å². The Morgan fingerprint density at radius 1 is 1.00 bits per heavy atom. The van der Waals surface area contributed by atoms with Gasteiger partial charge >= 0.3 is 11.9 Å². The third-order valence-corrected chi connectivity index (χ3v) is 4.63. The molecule has 1 aromatic carbocycles. The van der Waals surface area contributed by atoms with Crippen LogP contribution < -0.4 is 0 Å². The molecule has 2 unspecified atom stereocenters. The number of carbonyl (C=O) groups excluding carboxylic acids is 1. The van der Waals surface area contributed by atoms with Crippen LogP contribution in [0.1, 0.15) is 88.6 Å². The van der Waals surface area contributed by atoms with Crippen molar-refractivity contribution in [2.24, 2.45) is 5.41 Å². The van der Waals surface area contributed by atoms with Gasteiger partial charge in [0, 0.05) is 0 Å². The molecule has 0 saturated heterocycles. The van der Waals surface area contributed by atoms with E-state index in [0.29, 0.717) is 18.6 Å². The number of rotatable bonds is 9. The first-order valence-electron chi connectivity index (χ1n) is 8.26. The number of carbonyl (C=O) groups is 2. The van der Waals surface area contributed by atoms with Gasteiger partial charge < -0.3 is 9.84 Å². The molecule has 0 aliphatic heterocycles. The summed E-state index contributed by atoms with van der Waals surface area (Å²) in [7, 11) is 0. The minimum Gasteiger partial charge on any atom is -0.481 e. The standard InChI is InChI=1S/C19H28O4.4CH4/c1-5-7-13-23-17(22)18(3,6-2)14-19(4,16(20)21)15-11-9-8-10-12-15;;;;/h8-12H,5-7,13-14H2,1-4H3,(H,20,21);4*1H4. The fraction of sp³-hybridized carbons (Fsp3) is 0.652. The van der Waals surface area contributed by atoms with Crippen molar-refractivity contribution in [1.29, 1.82) is 0 Å². The van der Waals surface area contributed by atoms with Gasteiger partial charge in [0.15, 0.2) is 0 Å². The highest BCUT2D eigenvalue weighted by Gasteiger charge is 2.45. The maximum Gasteiger partial charge on any atom is 0.313 e. The average molecular weight is 385 g/mol. The Morgan fingerprint density at radius 2 is 1.52 bits per heavy atom. The summed E-state index contributed by atoms with van der Waals surface area (Å²) in [6.07, 6.45) is 2.52. The van der Waals surface area contributed by atoms with E-state index in [1.165, 1.54) is 0 Å². The number of unbranched alkanes of at least 4 members (excludes halogenated alkanes) is 1. The monoisotopic (exact) mass is 384 g/mol. The maximum absolute atomic E-state index is 12.5. The molecule has 0 aliphatic rings. The Hall–Kier alpha value is -1.84. The van der Waals surface area contributed by atoms with Gasteiger partial charge in [0.05, 0.1) is 17.4 Å². The molecule has 0 aromatic heterocycles. The number of aliphatic carboxylic acids is 1. The predicted molar refractivity (Wildman–Crippen MR) is 117 cm³/mol. The molecule has 0 heterocycles. The molecule has 1 rings (SSSR count). The highest BCUT2D eigenvalue weighted by molar-refractivity contribution is 5.83. The normalized spacial score (nSPS) is 13.8. The molecule has 4 heteroatoms. The van der Waals surface area contributed by atoms with Gasteiger partial charge in [-0.15, -0.1) is 0 Å². The second-order valence-corrected chi connectivity index (χ2v) is 6.58. The minimum atomic E-state index is -1.13. The van der Waals surface area contributed by atoms with Crippen molar-refractivity contribution in [2.45, 2.75) is 88.5 Å². The van der Waals surface area contributed by atoms with Crippen molar-refractivity contribution in [3.63, 3.8) is 0 Å². The zero-order chi connectivity index (χ0) is 17.5. The molecule has 0 aliphatic carbocycles. The summed E-state index contributed by atoms with van der Waals surface area (Å²) >= 11 is 0. The van der Waals surface area contributed by atoms with Crippen molar-refractivity contribution in [3.05, 3.63) is 35.9 Å². The number of carboxylic acid groups (broad SMARTS) is 1. The summed E-state index contributed by atoms with van der Waals surface area (Å²) < 4.78 is 5.37. The Kier molecular flexibility index (Phi) is 17.3. The molecular weight excluding hydrogens is 340 g/mol. The Morgan fingerprint density at radius 3 is 1.93 bits per heavy atom.